The van der Waals surface area contributed by atoms with Crippen molar-refractivity contribution in [3.05, 3.63) is 29.0 Å². The van der Waals surface area contributed by atoms with Gasteiger partial charge in [0, 0.05) is 25.3 Å². The van der Waals surface area contributed by atoms with Crippen LogP contribution in [0.1, 0.15) is 85.3 Å². The third-order valence-corrected chi connectivity index (χ3v) is 7.20. The zero-order valence-electron chi connectivity index (χ0n) is 22.0. The van der Waals surface area contributed by atoms with Crippen molar-refractivity contribution in [2.45, 2.75) is 96.8 Å². The summed E-state index contributed by atoms with van der Waals surface area (Å²) in [5.41, 5.74) is 3.02. The third-order valence-electron chi connectivity index (χ3n) is 6.40. The SMILES string of the molecule is CCCC(C)C(=O)[C@H](C)C(O)CCCC/C(C)=C\CC(OC=O)/C(C)=C/c1cc(SC)n(C)n1. The van der Waals surface area contributed by atoms with Crippen LogP contribution in [0.2, 0.25) is 0 Å². The molecule has 0 aliphatic heterocycles. The lowest BCUT2D eigenvalue weighted by molar-refractivity contribution is -0.132. The first-order valence-corrected chi connectivity index (χ1v) is 13.6. The number of aliphatic hydroxyl groups is 1. The number of ether oxygens (including phenoxy) is 1. The highest BCUT2D eigenvalue weighted by molar-refractivity contribution is 7.98. The smallest absolute Gasteiger partial charge is 0.293 e. The van der Waals surface area contributed by atoms with E-state index in [0.717, 1.165) is 48.4 Å². The Morgan fingerprint density at radius 1 is 1.26 bits per heavy atom. The van der Waals surface area contributed by atoms with Crippen LogP contribution in [0.5, 0.6) is 0 Å². The minimum absolute atomic E-state index is 0.0177. The van der Waals surface area contributed by atoms with E-state index in [1.807, 2.05) is 50.9 Å². The lowest BCUT2D eigenvalue weighted by Crippen LogP contribution is -2.29. The second-order valence-electron chi connectivity index (χ2n) is 9.32. The summed E-state index contributed by atoms with van der Waals surface area (Å²) in [7, 11) is 1.91. The molecule has 0 amide bonds. The summed E-state index contributed by atoms with van der Waals surface area (Å²) >= 11 is 1.63. The van der Waals surface area contributed by atoms with E-state index < -0.39 is 6.10 Å². The first kappa shape index (κ1) is 30.2. The topological polar surface area (TPSA) is 81.4 Å². The number of nitrogens with zero attached hydrogens (tertiary/aromatic N) is 2. The molecule has 3 unspecified atom stereocenters. The van der Waals surface area contributed by atoms with Gasteiger partial charge in [-0.1, -0.05) is 45.3 Å². The number of ketones is 1. The third kappa shape index (κ3) is 10.2. The van der Waals surface area contributed by atoms with Gasteiger partial charge >= 0.3 is 0 Å². The minimum atomic E-state index is -0.576. The van der Waals surface area contributed by atoms with Gasteiger partial charge in [0.05, 0.1) is 16.8 Å². The highest BCUT2D eigenvalue weighted by Gasteiger charge is 2.25. The number of Topliss-reactive ketones (excluding diaryl/α,β-unsaturated/α-hetero) is 1. The highest BCUT2D eigenvalue weighted by Crippen LogP contribution is 2.22. The number of unbranched alkanes of at least 4 members (excludes halogenated alkanes) is 1. The van der Waals surface area contributed by atoms with Crippen molar-refractivity contribution < 1.29 is 19.4 Å². The first-order valence-electron chi connectivity index (χ1n) is 12.4. The Hall–Kier alpha value is -1.86. The Morgan fingerprint density at radius 3 is 2.56 bits per heavy atom. The molecule has 0 bridgehead atoms. The molecule has 0 radical (unpaired) electrons. The van der Waals surface area contributed by atoms with Gasteiger partial charge < -0.3 is 9.84 Å². The van der Waals surface area contributed by atoms with Gasteiger partial charge in [-0.15, -0.1) is 11.8 Å². The number of hydrogen-bond acceptors (Lipinski definition) is 6. The van der Waals surface area contributed by atoms with E-state index in [1.165, 1.54) is 5.57 Å². The van der Waals surface area contributed by atoms with Crippen LogP contribution in [0.25, 0.3) is 6.08 Å². The molecular formula is C27H44N2O4S. The van der Waals surface area contributed by atoms with Gasteiger partial charge in [-0.25, -0.2) is 0 Å². The maximum Gasteiger partial charge on any atom is 0.293 e. The highest BCUT2D eigenvalue weighted by atomic mass is 32.2. The molecule has 0 spiro atoms. The van der Waals surface area contributed by atoms with Crippen molar-refractivity contribution in [2.75, 3.05) is 6.26 Å². The van der Waals surface area contributed by atoms with E-state index in [4.69, 9.17) is 4.74 Å². The molecule has 0 aromatic carbocycles. The molecule has 7 heteroatoms. The zero-order valence-corrected chi connectivity index (χ0v) is 22.9. The minimum Gasteiger partial charge on any atom is -0.460 e. The molecule has 1 N–H and O–H groups in total. The molecular weight excluding hydrogens is 448 g/mol. The van der Waals surface area contributed by atoms with Crippen LogP contribution in [0.15, 0.2) is 28.3 Å². The number of carbonyl (C=O) groups excluding carboxylic acids is 2. The summed E-state index contributed by atoms with van der Waals surface area (Å²) in [4.78, 5) is 23.4. The van der Waals surface area contributed by atoms with E-state index >= 15 is 0 Å². The molecule has 0 aliphatic rings. The van der Waals surface area contributed by atoms with Crippen molar-refractivity contribution in [2.24, 2.45) is 18.9 Å². The van der Waals surface area contributed by atoms with E-state index in [-0.39, 0.29) is 23.7 Å². The maximum absolute atomic E-state index is 12.4. The van der Waals surface area contributed by atoms with E-state index in [2.05, 4.69) is 25.0 Å². The fourth-order valence-corrected chi connectivity index (χ4v) is 4.65. The van der Waals surface area contributed by atoms with Crippen LogP contribution in [0.4, 0.5) is 0 Å². The van der Waals surface area contributed by atoms with Gasteiger partial charge in [0.2, 0.25) is 0 Å². The largest absolute Gasteiger partial charge is 0.460 e. The van der Waals surface area contributed by atoms with Gasteiger partial charge in [-0.2, -0.15) is 5.10 Å². The molecule has 1 heterocycles. The Labute approximate surface area is 210 Å². The predicted octanol–water partition coefficient (Wildman–Crippen LogP) is 5.99. The second kappa shape index (κ2) is 15.9. The van der Waals surface area contributed by atoms with Crippen molar-refractivity contribution in [1.29, 1.82) is 0 Å². The number of allylic oxidation sites excluding steroid dienone is 1. The van der Waals surface area contributed by atoms with E-state index in [1.54, 1.807) is 11.8 Å². The lowest BCUT2D eigenvalue weighted by Gasteiger charge is -2.21. The number of thioether (sulfide) groups is 1. The number of rotatable bonds is 17. The van der Waals surface area contributed by atoms with Gasteiger partial charge in [0.25, 0.3) is 6.47 Å². The summed E-state index contributed by atoms with van der Waals surface area (Å²) in [5, 5.41) is 16.0. The van der Waals surface area contributed by atoms with Crippen LogP contribution in [-0.4, -0.2) is 45.6 Å². The molecule has 1 aromatic rings. The summed E-state index contributed by atoms with van der Waals surface area (Å²) in [5.74, 6) is -0.116. The monoisotopic (exact) mass is 492 g/mol. The summed E-state index contributed by atoms with van der Waals surface area (Å²) in [6, 6.07) is 2.01. The van der Waals surface area contributed by atoms with Gasteiger partial charge in [0.15, 0.2) is 0 Å². The fourth-order valence-electron chi connectivity index (χ4n) is 4.11. The van der Waals surface area contributed by atoms with Crippen molar-refractivity contribution >= 4 is 30.1 Å². The zero-order chi connectivity index (χ0) is 25.7. The Kier molecular flexibility index (Phi) is 14.1. The molecule has 1 rings (SSSR count). The molecule has 0 saturated heterocycles. The molecule has 0 saturated carbocycles. The van der Waals surface area contributed by atoms with E-state index in [9.17, 15) is 14.7 Å². The molecule has 192 valence electrons. The quantitative estimate of drug-likeness (QED) is 0.125. The molecule has 4 atom stereocenters. The number of aromatic nitrogens is 2. The molecule has 0 aliphatic carbocycles. The normalized spacial score (nSPS) is 16.1. The van der Waals surface area contributed by atoms with E-state index in [0.29, 0.717) is 19.3 Å². The van der Waals surface area contributed by atoms with Crippen LogP contribution >= 0.6 is 11.8 Å². The lowest BCUT2D eigenvalue weighted by atomic mass is 9.87. The second-order valence-corrected chi connectivity index (χ2v) is 10.2. The van der Waals surface area contributed by atoms with Crippen molar-refractivity contribution in [3.63, 3.8) is 0 Å². The van der Waals surface area contributed by atoms with Crippen LogP contribution in [0, 0.1) is 11.8 Å². The number of aryl methyl sites for hydroxylation is 1. The molecule has 0 fully saturated rings. The summed E-state index contributed by atoms with van der Waals surface area (Å²) in [6.07, 6.45) is 11.0. The number of carbonyl (C=O) groups is 2. The summed E-state index contributed by atoms with van der Waals surface area (Å²) in [6.45, 7) is 10.4. The standard InChI is InChI=1S/C27H44N2O4S/c1-8-11-20(3)27(32)22(5)24(31)13-10-9-12-19(2)14-15-25(33-18-30)21(4)16-23-17-26(34-7)29(6)28-23/h14,16-18,20,22,24-25,31H,8-13,15H2,1-7H3/b19-14-,21-16+/t20?,22-,24?,25?/m1/s1. The van der Waals surface area contributed by atoms with Crippen LogP contribution < -0.4 is 0 Å². The van der Waals surface area contributed by atoms with Crippen molar-refractivity contribution in [1.82, 2.24) is 9.78 Å². The molecule has 6 nitrogen and oxygen atoms in total. The Morgan fingerprint density at radius 2 is 1.97 bits per heavy atom. The number of hydrogen-bond donors (Lipinski definition) is 1. The maximum atomic E-state index is 12.4. The molecule has 34 heavy (non-hydrogen) atoms. The Balaban J connectivity index is 2.54. The van der Waals surface area contributed by atoms with Crippen LogP contribution in [0.3, 0.4) is 0 Å². The van der Waals surface area contributed by atoms with Gasteiger partial charge in [-0.3, -0.25) is 14.3 Å². The van der Waals surface area contributed by atoms with Gasteiger partial charge in [-0.05, 0) is 63.5 Å². The van der Waals surface area contributed by atoms with Gasteiger partial charge in [0.1, 0.15) is 11.9 Å². The average molecular weight is 493 g/mol. The van der Waals surface area contributed by atoms with Crippen LogP contribution in [-0.2, 0) is 21.4 Å². The van der Waals surface area contributed by atoms with Crippen molar-refractivity contribution in [3.8, 4) is 0 Å². The summed E-state index contributed by atoms with van der Waals surface area (Å²) < 4.78 is 7.17. The molecule has 1 aromatic heterocycles. The number of aliphatic hydroxyl groups excluding tert-OH is 1. The fraction of sp³-hybridized carbons (Fsp3) is 0.667. The predicted molar refractivity (Wildman–Crippen MR) is 141 cm³/mol. The Bertz CT molecular complexity index is 831. The first-order chi connectivity index (χ1) is 16.1. The average Bonchev–Trinajstić information content (AvgIpc) is 3.16.